The zero-order chi connectivity index (χ0) is 9.97. The average Bonchev–Trinajstić information content (AvgIpc) is 2.15. The van der Waals surface area contributed by atoms with Crippen molar-refractivity contribution >= 4 is 0 Å². The Kier molecular flexibility index (Phi) is 3.45. The van der Waals surface area contributed by atoms with Gasteiger partial charge in [0.15, 0.2) is 0 Å². The van der Waals surface area contributed by atoms with Crippen molar-refractivity contribution in [2.24, 2.45) is 5.92 Å². The second-order valence-corrected chi connectivity index (χ2v) is 5.07. The van der Waals surface area contributed by atoms with Gasteiger partial charge in [-0.25, -0.2) is 0 Å². The van der Waals surface area contributed by atoms with E-state index in [2.05, 4.69) is 24.2 Å². The molecule has 0 aromatic rings. The molecule has 1 aliphatic heterocycles. The van der Waals surface area contributed by atoms with Crippen LogP contribution in [-0.2, 0) is 0 Å². The largest absolute Gasteiger partial charge is 0.314 e. The van der Waals surface area contributed by atoms with E-state index in [1.807, 2.05) is 0 Å². The monoisotopic (exact) mass is 196 g/mol. The molecule has 2 aliphatic rings. The van der Waals surface area contributed by atoms with Gasteiger partial charge in [-0.1, -0.05) is 26.2 Å². The van der Waals surface area contributed by atoms with E-state index in [-0.39, 0.29) is 0 Å². The second-order valence-electron chi connectivity index (χ2n) is 5.07. The van der Waals surface area contributed by atoms with E-state index < -0.39 is 0 Å². The van der Waals surface area contributed by atoms with E-state index in [4.69, 9.17) is 0 Å². The van der Waals surface area contributed by atoms with Crippen molar-refractivity contribution in [1.29, 1.82) is 0 Å². The Morgan fingerprint density at radius 3 is 2.57 bits per heavy atom. The van der Waals surface area contributed by atoms with E-state index in [0.717, 1.165) is 18.0 Å². The zero-order valence-electron chi connectivity index (χ0n) is 9.63. The van der Waals surface area contributed by atoms with Gasteiger partial charge >= 0.3 is 0 Å². The van der Waals surface area contributed by atoms with Crippen LogP contribution in [0.2, 0.25) is 0 Å². The van der Waals surface area contributed by atoms with Crippen LogP contribution in [0.3, 0.4) is 0 Å². The standard InChI is InChI=1S/C12H24N2/c1-3-10-5-4-6-11(7-10)14(2)12-8-13-9-12/h10-13H,3-9H2,1-2H3. The number of rotatable bonds is 3. The molecule has 0 amide bonds. The van der Waals surface area contributed by atoms with Gasteiger partial charge in [0.2, 0.25) is 0 Å². The van der Waals surface area contributed by atoms with Crippen molar-refractivity contribution in [3.05, 3.63) is 0 Å². The van der Waals surface area contributed by atoms with Crippen molar-refractivity contribution in [1.82, 2.24) is 10.2 Å². The lowest BCUT2D eigenvalue weighted by Gasteiger charge is -2.43. The summed E-state index contributed by atoms with van der Waals surface area (Å²) in [7, 11) is 2.33. The Balaban J connectivity index is 1.83. The summed E-state index contributed by atoms with van der Waals surface area (Å²) in [6, 6.07) is 1.71. The Morgan fingerprint density at radius 1 is 1.21 bits per heavy atom. The highest BCUT2D eigenvalue weighted by atomic mass is 15.2. The molecule has 1 saturated carbocycles. The van der Waals surface area contributed by atoms with Crippen LogP contribution in [0, 0.1) is 5.92 Å². The van der Waals surface area contributed by atoms with Gasteiger partial charge in [0.25, 0.3) is 0 Å². The topological polar surface area (TPSA) is 15.3 Å². The van der Waals surface area contributed by atoms with Crippen molar-refractivity contribution in [3.63, 3.8) is 0 Å². The Morgan fingerprint density at radius 2 is 2.00 bits per heavy atom. The minimum atomic E-state index is 0.829. The molecule has 1 N–H and O–H groups in total. The summed E-state index contributed by atoms with van der Waals surface area (Å²) >= 11 is 0. The van der Waals surface area contributed by atoms with Gasteiger partial charge in [-0.15, -0.1) is 0 Å². The maximum Gasteiger partial charge on any atom is 0.0345 e. The van der Waals surface area contributed by atoms with Crippen LogP contribution in [0.1, 0.15) is 39.0 Å². The summed E-state index contributed by atoms with van der Waals surface area (Å²) in [5.41, 5.74) is 0. The highest BCUT2D eigenvalue weighted by Crippen LogP contribution is 2.30. The predicted molar refractivity (Wildman–Crippen MR) is 60.5 cm³/mol. The Bertz CT molecular complexity index is 177. The van der Waals surface area contributed by atoms with E-state index >= 15 is 0 Å². The summed E-state index contributed by atoms with van der Waals surface area (Å²) in [6.45, 7) is 4.77. The van der Waals surface area contributed by atoms with Crippen LogP contribution in [0.25, 0.3) is 0 Å². The van der Waals surface area contributed by atoms with Gasteiger partial charge in [0, 0.05) is 25.2 Å². The van der Waals surface area contributed by atoms with E-state index in [1.54, 1.807) is 0 Å². The van der Waals surface area contributed by atoms with Crippen molar-refractivity contribution in [2.45, 2.75) is 51.1 Å². The Hall–Kier alpha value is -0.0800. The third-order valence-corrected chi connectivity index (χ3v) is 4.24. The average molecular weight is 196 g/mol. The highest BCUT2D eigenvalue weighted by Gasteiger charge is 2.30. The summed E-state index contributed by atoms with van der Waals surface area (Å²) in [6.07, 6.45) is 7.19. The van der Waals surface area contributed by atoms with Crippen molar-refractivity contribution in [3.8, 4) is 0 Å². The lowest BCUT2D eigenvalue weighted by Crippen LogP contribution is -2.59. The van der Waals surface area contributed by atoms with Gasteiger partial charge in [-0.05, 0) is 25.8 Å². The second kappa shape index (κ2) is 4.63. The first-order valence-corrected chi connectivity index (χ1v) is 6.24. The van der Waals surface area contributed by atoms with Gasteiger partial charge in [-0.2, -0.15) is 0 Å². The fraction of sp³-hybridized carbons (Fsp3) is 1.00. The van der Waals surface area contributed by atoms with Crippen LogP contribution in [0.15, 0.2) is 0 Å². The van der Waals surface area contributed by atoms with Crippen LogP contribution >= 0.6 is 0 Å². The first-order valence-electron chi connectivity index (χ1n) is 6.24. The number of likely N-dealkylation sites (N-methyl/N-ethyl adjacent to an activating group) is 1. The first kappa shape index (κ1) is 10.4. The molecule has 82 valence electrons. The van der Waals surface area contributed by atoms with E-state index in [9.17, 15) is 0 Å². The number of hydrogen-bond acceptors (Lipinski definition) is 2. The normalized spacial score (nSPS) is 34.5. The van der Waals surface area contributed by atoms with Crippen LogP contribution in [0.4, 0.5) is 0 Å². The summed E-state index contributed by atoms with van der Waals surface area (Å²) < 4.78 is 0. The molecule has 1 saturated heterocycles. The highest BCUT2D eigenvalue weighted by molar-refractivity contribution is 4.88. The van der Waals surface area contributed by atoms with Gasteiger partial charge < -0.3 is 5.32 Å². The van der Waals surface area contributed by atoms with Crippen molar-refractivity contribution in [2.75, 3.05) is 20.1 Å². The molecule has 2 atom stereocenters. The van der Waals surface area contributed by atoms with Crippen LogP contribution < -0.4 is 5.32 Å². The van der Waals surface area contributed by atoms with Gasteiger partial charge in [0.1, 0.15) is 0 Å². The fourth-order valence-electron chi connectivity index (χ4n) is 2.86. The third kappa shape index (κ3) is 2.12. The number of nitrogens with one attached hydrogen (secondary N) is 1. The molecular weight excluding hydrogens is 172 g/mol. The van der Waals surface area contributed by atoms with E-state index in [0.29, 0.717) is 0 Å². The molecule has 2 fully saturated rings. The van der Waals surface area contributed by atoms with E-state index in [1.165, 1.54) is 45.2 Å². The number of hydrogen-bond donors (Lipinski definition) is 1. The summed E-state index contributed by atoms with van der Waals surface area (Å²) in [5, 5.41) is 3.36. The smallest absolute Gasteiger partial charge is 0.0345 e. The molecule has 0 bridgehead atoms. The SMILES string of the molecule is CCC1CCCC(N(C)C2CNC2)C1. The molecule has 0 radical (unpaired) electrons. The molecule has 2 heteroatoms. The summed E-state index contributed by atoms with van der Waals surface area (Å²) in [5.74, 6) is 1.00. The predicted octanol–water partition coefficient (Wildman–Crippen LogP) is 1.86. The fourth-order valence-corrected chi connectivity index (χ4v) is 2.86. The molecule has 0 aromatic carbocycles. The number of nitrogens with zero attached hydrogens (tertiary/aromatic N) is 1. The molecule has 0 aromatic heterocycles. The first-order chi connectivity index (χ1) is 6.81. The molecular formula is C12H24N2. The van der Waals surface area contributed by atoms with Crippen molar-refractivity contribution < 1.29 is 0 Å². The van der Waals surface area contributed by atoms with Gasteiger partial charge in [0.05, 0.1) is 0 Å². The quantitative estimate of drug-likeness (QED) is 0.741. The molecule has 1 heterocycles. The maximum atomic E-state index is 3.36. The summed E-state index contributed by atoms with van der Waals surface area (Å²) in [4.78, 5) is 2.64. The molecule has 14 heavy (non-hydrogen) atoms. The molecule has 1 aliphatic carbocycles. The minimum absolute atomic E-state index is 0.829. The third-order valence-electron chi connectivity index (χ3n) is 4.24. The molecule has 0 spiro atoms. The van der Waals surface area contributed by atoms with Crippen LogP contribution in [-0.4, -0.2) is 37.1 Å². The van der Waals surface area contributed by atoms with Crippen LogP contribution in [0.5, 0.6) is 0 Å². The molecule has 2 rings (SSSR count). The molecule has 2 unspecified atom stereocenters. The Labute approximate surface area is 88.1 Å². The maximum absolute atomic E-state index is 3.36. The zero-order valence-corrected chi connectivity index (χ0v) is 9.63. The molecule has 2 nitrogen and oxygen atoms in total. The van der Waals surface area contributed by atoms with Gasteiger partial charge in [-0.3, -0.25) is 4.90 Å². The minimum Gasteiger partial charge on any atom is -0.314 e. The lowest BCUT2D eigenvalue weighted by molar-refractivity contribution is 0.0848. The lowest BCUT2D eigenvalue weighted by atomic mass is 9.83.